The normalized spacial score (nSPS) is 15.9. The third-order valence-corrected chi connectivity index (χ3v) is 5.51. The van der Waals surface area contributed by atoms with Crippen LogP contribution in [0, 0.1) is 5.92 Å². The first-order chi connectivity index (χ1) is 14.0. The lowest BCUT2D eigenvalue weighted by molar-refractivity contribution is -0.123. The lowest BCUT2D eigenvalue weighted by atomic mass is 9.96. The minimum absolute atomic E-state index is 0.0652. The van der Waals surface area contributed by atoms with Gasteiger partial charge in [0.05, 0.1) is 6.54 Å². The van der Waals surface area contributed by atoms with Crippen LogP contribution in [-0.4, -0.2) is 75.1 Å². The number of carbonyl (C=O) groups excluding carboxylic acids is 1. The van der Waals surface area contributed by atoms with Gasteiger partial charge < -0.3 is 25.6 Å². The topological polar surface area (TPSA) is 83.2 Å². The first kappa shape index (κ1) is 23.3. The number of halogens is 1. The van der Waals surface area contributed by atoms with E-state index < -0.39 is 0 Å². The second kappa shape index (κ2) is 12.5. The molecule has 7 nitrogen and oxygen atoms in total. The molecule has 0 atom stereocenters. The summed E-state index contributed by atoms with van der Waals surface area (Å²) in [6.45, 7) is 5.19. The SMILES string of the molecule is CN=C(NCCCCN1CCC(C(N)=O)CC1)N(C)CCOc1ccc(Cl)cc1. The number of hydrogen-bond acceptors (Lipinski definition) is 4. The van der Waals surface area contributed by atoms with Crippen LogP contribution < -0.4 is 15.8 Å². The molecular formula is C21H34ClN5O2. The highest BCUT2D eigenvalue weighted by Gasteiger charge is 2.22. The number of rotatable bonds is 10. The van der Waals surface area contributed by atoms with Gasteiger partial charge in [0.25, 0.3) is 0 Å². The zero-order valence-electron chi connectivity index (χ0n) is 17.6. The number of piperidine rings is 1. The molecule has 0 saturated carbocycles. The van der Waals surface area contributed by atoms with Gasteiger partial charge in [-0.15, -0.1) is 0 Å². The maximum atomic E-state index is 11.2. The number of ether oxygens (including phenoxy) is 1. The van der Waals surface area contributed by atoms with Crippen LogP contribution in [0.1, 0.15) is 25.7 Å². The minimum Gasteiger partial charge on any atom is -0.492 e. The van der Waals surface area contributed by atoms with Crippen molar-refractivity contribution in [1.29, 1.82) is 0 Å². The van der Waals surface area contributed by atoms with Crippen LogP contribution in [0.2, 0.25) is 5.02 Å². The summed E-state index contributed by atoms with van der Waals surface area (Å²) < 4.78 is 5.74. The van der Waals surface area contributed by atoms with Gasteiger partial charge in [0, 0.05) is 31.6 Å². The van der Waals surface area contributed by atoms with Crippen LogP contribution >= 0.6 is 11.6 Å². The highest BCUT2D eigenvalue weighted by molar-refractivity contribution is 6.30. The van der Waals surface area contributed by atoms with Crippen LogP contribution in [0.15, 0.2) is 29.3 Å². The molecule has 162 valence electrons. The minimum atomic E-state index is -0.150. The molecule has 1 amide bonds. The van der Waals surface area contributed by atoms with E-state index in [0.717, 1.165) is 70.1 Å². The lowest BCUT2D eigenvalue weighted by Crippen LogP contribution is -2.41. The molecule has 0 aliphatic carbocycles. The average Bonchev–Trinajstić information content (AvgIpc) is 2.72. The van der Waals surface area contributed by atoms with Gasteiger partial charge in [-0.1, -0.05) is 11.6 Å². The summed E-state index contributed by atoms with van der Waals surface area (Å²) in [4.78, 5) is 20.1. The number of amides is 1. The van der Waals surface area contributed by atoms with E-state index in [0.29, 0.717) is 11.6 Å². The molecule has 1 heterocycles. The van der Waals surface area contributed by atoms with Crippen molar-refractivity contribution >= 4 is 23.5 Å². The molecule has 2 rings (SSSR count). The van der Waals surface area contributed by atoms with Crippen molar-refractivity contribution in [3.05, 3.63) is 29.3 Å². The zero-order chi connectivity index (χ0) is 21.1. The van der Waals surface area contributed by atoms with E-state index in [1.165, 1.54) is 0 Å². The number of benzene rings is 1. The Kier molecular flexibility index (Phi) is 10.1. The van der Waals surface area contributed by atoms with Crippen molar-refractivity contribution < 1.29 is 9.53 Å². The third-order valence-electron chi connectivity index (χ3n) is 5.26. The third kappa shape index (κ3) is 8.50. The van der Waals surface area contributed by atoms with Gasteiger partial charge in [0.2, 0.25) is 5.91 Å². The monoisotopic (exact) mass is 423 g/mol. The number of likely N-dealkylation sites (N-methyl/N-ethyl adjacent to an activating group) is 1. The molecule has 1 aromatic carbocycles. The Labute approximate surface area is 179 Å². The van der Waals surface area contributed by atoms with E-state index in [9.17, 15) is 4.79 Å². The molecule has 0 bridgehead atoms. The highest BCUT2D eigenvalue weighted by atomic mass is 35.5. The fourth-order valence-electron chi connectivity index (χ4n) is 3.42. The lowest BCUT2D eigenvalue weighted by Gasteiger charge is -2.30. The standard InChI is InChI=1S/C21H34ClN5O2/c1-24-21(26(2)15-16-29-19-7-5-18(22)6-8-19)25-11-3-4-12-27-13-9-17(10-14-27)20(23)28/h5-8,17H,3-4,9-16H2,1-2H3,(H2,23,28)(H,24,25). The van der Waals surface area contributed by atoms with E-state index in [2.05, 4.69) is 20.1 Å². The number of primary amides is 1. The van der Waals surface area contributed by atoms with E-state index >= 15 is 0 Å². The number of nitrogens with two attached hydrogens (primary N) is 1. The van der Waals surface area contributed by atoms with Crippen molar-refractivity contribution in [3.8, 4) is 5.75 Å². The molecule has 0 unspecified atom stereocenters. The van der Waals surface area contributed by atoms with E-state index in [1.54, 1.807) is 7.05 Å². The van der Waals surface area contributed by atoms with Crippen molar-refractivity contribution in [3.63, 3.8) is 0 Å². The van der Waals surface area contributed by atoms with Crippen LogP contribution in [0.5, 0.6) is 5.75 Å². The van der Waals surface area contributed by atoms with Gasteiger partial charge in [0.15, 0.2) is 5.96 Å². The van der Waals surface area contributed by atoms with Gasteiger partial charge in [-0.05, 0) is 69.6 Å². The fraction of sp³-hybridized carbons (Fsp3) is 0.619. The molecule has 0 aromatic heterocycles. The molecule has 0 spiro atoms. The number of aliphatic imine (C=N–C) groups is 1. The molecule has 1 saturated heterocycles. The number of nitrogens with zero attached hydrogens (tertiary/aromatic N) is 3. The Bertz CT molecular complexity index is 645. The summed E-state index contributed by atoms with van der Waals surface area (Å²) in [7, 11) is 3.80. The molecule has 1 aromatic rings. The van der Waals surface area contributed by atoms with Crippen LogP contribution in [0.3, 0.4) is 0 Å². The van der Waals surface area contributed by atoms with E-state index in [4.69, 9.17) is 22.1 Å². The quantitative estimate of drug-likeness (QED) is 0.342. The Hall–Kier alpha value is -1.99. The second-order valence-corrected chi connectivity index (χ2v) is 7.86. The fourth-order valence-corrected chi connectivity index (χ4v) is 3.55. The summed E-state index contributed by atoms with van der Waals surface area (Å²) in [6, 6.07) is 7.37. The van der Waals surface area contributed by atoms with Crippen LogP contribution in [0.25, 0.3) is 0 Å². The van der Waals surface area contributed by atoms with Gasteiger partial charge >= 0.3 is 0 Å². The number of unbranched alkanes of at least 4 members (excludes halogenated alkanes) is 1. The molecule has 1 fully saturated rings. The van der Waals surface area contributed by atoms with Crippen LogP contribution in [-0.2, 0) is 4.79 Å². The molecule has 1 aliphatic heterocycles. The van der Waals surface area contributed by atoms with Crippen molar-refractivity contribution in [2.75, 3.05) is 53.4 Å². The first-order valence-corrected chi connectivity index (χ1v) is 10.7. The number of hydrogen-bond donors (Lipinski definition) is 2. The summed E-state index contributed by atoms with van der Waals surface area (Å²) in [5, 5.41) is 4.11. The average molecular weight is 424 g/mol. The summed E-state index contributed by atoms with van der Waals surface area (Å²) in [5.41, 5.74) is 5.39. The maximum Gasteiger partial charge on any atom is 0.220 e. The number of nitrogens with one attached hydrogen (secondary N) is 1. The Balaban J connectivity index is 1.56. The molecule has 0 radical (unpaired) electrons. The van der Waals surface area contributed by atoms with Gasteiger partial charge in [-0.3, -0.25) is 9.79 Å². The maximum absolute atomic E-state index is 11.2. The van der Waals surface area contributed by atoms with Crippen molar-refractivity contribution in [1.82, 2.24) is 15.1 Å². The van der Waals surface area contributed by atoms with E-state index in [-0.39, 0.29) is 11.8 Å². The van der Waals surface area contributed by atoms with Gasteiger partial charge in [0.1, 0.15) is 12.4 Å². The summed E-state index contributed by atoms with van der Waals surface area (Å²) >= 11 is 5.88. The first-order valence-electron chi connectivity index (χ1n) is 10.3. The number of likely N-dealkylation sites (tertiary alicyclic amines) is 1. The number of carbonyl (C=O) groups is 1. The Morgan fingerprint density at radius 3 is 2.62 bits per heavy atom. The molecule has 8 heteroatoms. The van der Waals surface area contributed by atoms with Crippen molar-refractivity contribution in [2.45, 2.75) is 25.7 Å². The van der Waals surface area contributed by atoms with Gasteiger partial charge in [-0.25, -0.2) is 0 Å². The summed E-state index contributed by atoms with van der Waals surface area (Å²) in [6.07, 6.45) is 3.98. The molecular weight excluding hydrogens is 390 g/mol. The predicted molar refractivity (Wildman–Crippen MR) is 119 cm³/mol. The van der Waals surface area contributed by atoms with E-state index in [1.807, 2.05) is 31.3 Å². The molecule has 3 N–H and O–H groups in total. The molecule has 29 heavy (non-hydrogen) atoms. The number of guanidine groups is 1. The summed E-state index contributed by atoms with van der Waals surface area (Å²) in [5.74, 6) is 1.59. The highest BCUT2D eigenvalue weighted by Crippen LogP contribution is 2.17. The Morgan fingerprint density at radius 1 is 1.31 bits per heavy atom. The second-order valence-electron chi connectivity index (χ2n) is 7.42. The largest absolute Gasteiger partial charge is 0.492 e. The van der Waals surface area contributed by atoms with Crippen LogP contribution in [0.4, 0.5) is 0 Å². The smallest absolute Gasteiger partial charge is 0.220 e. The predicted octanol–water partition coefficient (Wildman–Crippen LogP) is 2.20. The van der Waals surface area contributed by atoms with Gasteiger partial charge in [-0.2, -0.15) is 0 Å². The molecule has 1 aliphatic rings. The Morgan fingerprint density at radius 2 is 2.00 bits per heavy atom. The van der Waals surface area contributed by atoms with Crippen molar-refractivity contribution in [2.24, 2.45) is 16.6 Å². The zero-order valence-corrected chi connectivity index (χ0v) is 18.3.